The number of carbonyl (C=O) groups is 1. The highest BCUT2D eigenvalue weighted by molar-refractivity contribution is 5.94. The summed E-state index contributed by atoms with van der Waals surface area (Å²) in [4.78, 5) is 23.1. The number of para-hydroxylation sites is 1. The Morgan fingerprint density at radius 3 is 2.58 bits per heavy atom. The molecule has 1 saturated carbocycles. The van der Waals surface area contributed by atoms with Crippen molar-refractivity contribution in [2.45, 2.75) is 105 Å². The number of rotatable bonds is 7. The van der Waals surface area contributed by atoms with Crippen molar-refractivity contribution in [3.63, 3.8) is 0 Å². The molecule has 9 atom stereocenters. The molecule has 3 aromatic rings. The number of hydrogen-bond acceptors (Lipinski definition) is 12. The number of aliphatic hydroxyl groups is 4. The highest BCUT2D eigenvalue weighted by atomic mass is 16.5. The van der Waals surface area contributed by atoms with Crippen LogP contribution >= 0.6 is 0 Å². The lowest BCUT2D eigenvalue weighted by molar-refractivity contribution is -0.242. The number of benzene rings is 2. The molecule has 1 aliphatic carbocycles. The number of nitrogens with two attached hydrogens (primary N) is 1. The molecule has 1 spiro atoms. The number of carbonyl (C=O) groups excluding carboxylic acids is 1. The molecule has 1 saturated heterocycles. The number of ether oxygens (including phenoxy) is 2. The van der Waals surface area contributed by atoms with E-state index in [1.807, 2.05) is 56.1 Å². The van der Waals surface area contributed by atoms with E-state index in [0.717, 1.165) is 33.4 Å². The van der Waals surface area contributed by atoms with Crippen LogP contribution in [0.15, 0.2) is 48.6 Å². The molecule has 4 aliphatic heterocycles. The number of likely N-dealkylation sites (N-methyl/N-ethyl adjacent to an activating group) is 1. The van der Waals surface area contributed by atoms with E-state index in [4.69, 9.17) is 15.3 Å². The number of aromatic amines is 1. The van der Waals surface area contributed by atoms with Gasteiger partial charge in [-0.3, -0.25) is 15.5 Å². The number of anilines is 1. The Kier molecular flexibility index (Phi) is 9.45. The predicted octanol–water partition coefficient (Wildman–Crippen LogP) is 2.08. The molecular formula is C42H58N6O7. The van der Waals surface area contributed by atoms with Gasteiger partial charge in [-0.1, -0.05) is 44.2 Å². The topological polar surface area (TPSA) is 189 Å². The number of esters is 1. The maximum Gasteiger partial charge on any atom is 0.322 e. The van der Waals surface area contributed by atoms with Gasteiger partial charge in [0.1, 0.15) is 11.2 Å². The lowest BCUT2D eigenvalue weighted by atomic mass is 9.47. The zero-order valence-electron chi connectivity index (χ0n) is 32.7. The molecule has 8 rings (SSSR count). The van der Waals surface area contributed by atoms with Gasteiger partial charge in [0.2, 0.25) is 0 Å². The van der Waals surface area contributed by atoms with Crippen LogP contribution in [0.2, 0.25) is 0 Å². The van der Waals surface area contributed by atoms with Gasteiger partial charge < -0.3 is 45.1 Å². The summed E-state index contributed by atoms with van der Waals surface area (Å²) in [7, 11) is 4.91. The van der Waals surface area contributed by atoms with Crippen molar-refractivity contribution in [1.29, 1.82) is 0 Å². The third-order valence-electron chi connectivity index (χ3n) is 14.7. The van der Waals surface area contributed by atoms with Crippen LogP contribution in [0.4, 0.5) is 5.69 Å². The quantitative estimate of drug-likeness (QED) is 0.0577. The van der Waals surface area contributed by atoms with Crippen molar-refractivity contribution in [1.82, 2.24) is 20.6 Å². The number of nitrogens with zero attached hydrogens (tertiary/aromatic N) is 2. The third kappa shape index (κ3) is 4.97. The van der Waals surface area contributed by atoms with Gasteiger partial charge in [0.05, 0.1) is 32.0 Å². The average molecular weight is 759 g/mol. The number of β-amino-alcohol motifs (C(OH)–C–C–N with tert-alkyl or cyclic N) is 1. The summed E-state index contributed by atoms with van der Waals surface area (Å²) in [6.07, 6.45) is 4.62. The molecule has 0 amide bonds. The lowest BCUT2D eigenvalue weighted by Crippen LogP contribution is -2.83. The molecule has 5 heterocycles. The number of aliphatic hydroxyl groups excluding tert-OH is 2. The number of methoxy groups -OCH3 is 2. The van der Waals surface area contributed by atoms with Crippen molar-refractivity contribution in [2.75, 3.05) is 52.3 Å². The molecule has 2 fully saturated rings. The molecular weight excluding hydrogens is 700 g/mol. The zero-order valence-corrected chi connectivity index (χ0v) is 32.7. The fourth-order valence-corrected chi connectivity index (χ4v) is 12.2. The van der Waals surface area contributed by atoms with Crippen LogP contribution in [-0.4, -0.2) is 119 Å². The molecule has 5 aliphatic rings. The van der Waals surface area contributed by atoms with E-state index in [1.54, 1.807) is 7.11 Å². The van der Waals surface area contributed by atoms with E-state index in [2.05, 4.69) is 38.8 Å². The number of hydrogen-bond donors (Lipinski definition) is 8. The second-order valence-electron chi connectivity index (χ2n) is 16.8. The van der Waals surface area contributed by atoms with Crippen LogP contribution in [0.5, 0.6) is 5.75 Å². The summed E-state index contributed by atoms with van der Waals surface area (Å²) in [5.41, 5.74) is 1.12. The molecule has 0 bridgehead atoms. The van der Waals surface area contributed by atoms with Gasteiger partial charge in [-0.2, -0.15) is 0 Å². The molecule has 1 unspecified atom stereocenters. The zero-order chi connectivity index (χ0) is 39.1. The predicted molar refractivity (Wildman–Crippen MR) is 210 cm³/mol. The largest absolute Gasteiger partial charge is 0.496 e. The van der Waals surface area contributed by atoms with Crippen LogP contribution in [0.1, 0.15) is 74.8 Å². The minimum atomic E-state index is -2.11. The first-order valence-electron chi connectivity index (χ1n) is 19.9. The maximum absolute atomic E-state index is 15.0. The minimum Gasteiger partial charge on any atom is -0.496 e. The molecule has 298 valence electrons. The standard InChI is InChI=1S/C42H58N6O7/c1-6-38(52)15-10-17-40(37(51)55-5,32-26(14-19-44-24-38)25-12-8-9-13-29(25)45-32)28-22-27-30(23-31(28)54-4)47(3)34-41(27)18-21-48-20-11-16-39(7-2,33(41)48)35(49)42(34,53)36(50)46-43/h8-9,11-13,16,22-23,33-36,44-46,49-50,52-53H,6-7,10,14-15,17-21,24,43H2,1-5H3/t33-,34+,35+,36?,38-,39+,40-,41+,42-/m0/s1. The van der Waals surface area contributed by atoms with E-state index < -0.39 is 51.8 Å². The van der Waals surface area contributed by atoms with Crippen LogP contribution in [0, 0.1) is 5.41 Å². The summed E-state index contributed by atoms with van der Waals surface area (Å²) in [5, 5.41) is 53.2. The monoisotopic (exact) mass is 758 g/mol. The van der Waals surface area contributed by atoms with Gasteiger partial charge in [-0.05, 0) is 81.3 Å². The average Bonchev–Trinajstić information content (AvgIpc) is 3.85. The highest BCUT2D eigenvalue weighted by Gasteiger charge is 2.78. The Balaban J connectivity index is 1.45. The number of fused-ring (bicyclic) bond motifs is 4. The molecule has 13 nitrogen and oxygen atoms in total. The summed E-state index contributed by atoms with van der Waals surface area (Å²) in [5.74, 6) is 5.94. The first kappa shape index (κ1) is 38.3. The summed E-state index contributed by atoms with van der Waals surface area (Å²) >= 11 is 0. The summed E-state index contributed by atoms with van der Waals surface area (Å²) in [6.45, 7) is 6.42. The Hall–Kier alpha value is -3.53. The minimum absolute atomic E-state index is 0.249. The number of aromatic nitrogens is 1. The second-order valence-corrected chi connectivity index (χ2v) is 16.8. The smallest absolute Gasteiger partial charge is 0.322 e. The Bertz CT molecular complexity index is 2010. The van der Waals surface area contributed by atoms with Crippen LogP contribution in [0.25, 0.3) is 10.9 Å². The maximum atomic E-state index is 15.0. The number of H-pyrrole nitrogens is 1. The molecule has 9 N–H and O–H groups in total. The van der Waals surface area contributed by atoms with Crippen molar-refractivity contribution < 1.29 is 34.7 Å². The number of hydrazine groups is 1. The third-order valence-corrected chi connectivity index (χ3v) is 14.7. The molecule has 13 heteroatoms. The highest BCUT2D eigenvalue weighted by Crippen LogP contribution is 2.67. The van der Waals surface area contributed by atoms with E-state index in [1.165, 1.54) is 7.11 Å². The van der Waals surface area contributed by atoms with E-state index in [-0.39, 0.29) is 6.04 Å². The molecule has 2 aromatic carbocycles. The fourth-order valence-electron chi connectivity index (χ4n) is 12.2. The second kappa shape index (κ2) is 13.6. The van der Waals surface area contributed by atoms with Gasteiger partial charge in [-0.15, -0.1) is 0 Å². The van der Waals surface area contributed by atoms with Gasteiger partial charge >= 0.3 is 5.97 Å². The van der Waals surface area contributed by atoms with E-state index in [0.29, 0.717) is 82.4 Å². The lowest BCUT2D eigenvalue weighted by Gasteiger charge is -2.64. The first-order valence-corrected chi connectivity index (χ1v) is 19.9. The molecule has 1 aromatic heterocycles. The van der Waals surface area contributed by atoms with Crippen molar-refractivity contribution in [3.05, 3.63) is 70.9 Å². The first-order chi connectivity index (χ1) is 26.4. The van der Waals surface area contributed by atoms with E-state index >= 15 is 4.79 Å². The van der Waals surface area contributed by atoms with Crippen molar-refractivity contribution in [2.24, 2.45) is 11.3 Å². The van der Waals surface area contributed by atoms with E-state index in [9.17, 15) is 20.4 Å². The van der Waals surface area contributed by atoms with Gasteiger partial charge in [0, 0.05) is 70.9 Å². The Morgan fingerprint density at radius 2 is 1.87 bits per heavy atom. The van der Waals surface area contributed by atoms with Crippen molar-refractivity contribution >= 4 is 22.6 Å². The van der Waals surface area contributed by atoms with Gasteiger partial charge in [0.15, 0.2) is 11.8 Å². The van der Waals surface area contributed by atoms with Crippen LogP contribution < -0.4 is 26.2 Å². The van der Waals surface area contributed by atoms with Crippen LogP contribution in [-0.2, 0) is 26.8 Å². The fraction of sp³-hybridized carbons (Fsp3) is 0.595. The van der Waals surface area contributed by atoms with Crippen LogP contribution in [0.3, 0.4) is 0 Å². The normalized spacial score (nSPS) is 36.4. The van der Waals surface area contributed by atoms with Gasteiger partial charge in [0.25, 0.3) is 0 Å². The molecule has 55 heavy (non-hydrogen) atoms. The number of nitrogens with one attached hydrogen (secondary N) is 3. The SMILES string of the molecule is CC[C@]1(O)CCC[C@](C(=O)OC)(c2cc3c(cc2OC)N(C)[C@@H]2[C@]34CCN3CC=C[C@@](CC)([C@@H](O)[C@]2(O)C(O)NN)[C@H]34)c2[nH]c3ccccc3c2CCNC1. The molecule has 0 radical (unpaired) electrons. The van der Waals surface area contributed by atoms with Gasteiger partial charge in [-0.25, -0.2) is 5.43 Å². The Morgan fingerprint density at radius 1 is 1.09 bits per heavy atom. The Labute approximate surface area is 322 Å². The summed E-state index contributed by atoms with van der Waals surface area (Å²) < 4.78 is 12.1. The van der Waals surface area contributed by atoms with Crippen molar-refractivity contribution in [3.8, 4) is 5.75 Å². The summed E-state index contributed by atoms with van der Waals surface area (Å²) in [6, 6.07) is 11.1.